The van der Waals surface area contributed by atoms with Crippen molar-refractivity contribution in [3.63, 3.8) is 0 Å². The number of hydrogen-bond donors (Lipinski definition) is 3. The molecule has 6 N–H and O–H groups in total. The Morgan fingerprint density at radius 3 is 1.96 bits per heavy atom. The van der Waals surface area contributed by atoms with Crippen LogP contribution < -0.4 is 17.2 Å². The summed E-state index contributed by atoms with van der Waals surface area (Å²) in [6, 6.07) is 17.8. The predicted molar refractivity (Wildman–Crippen MR) is 96.2 cm³/mol. The van der Waals surface area contributed by atoms with E-state index < -0.39 is 5.41 Å². The van der Waals surface area contributed by atoms with Crippen molar-refractivity contribution in [3.05, 3.63) is 77.5 Å². The Kier molecular flexibility index (Phi) is 2.94. The summed E-state index contributed by atoms with van der Waals surface area (Å²) < 4.78 is 0. The molecule has 1 saturated carbocycles. The first-order valence-corrected chi connectivity index (χ1v) is 7.88. The van der Waals surface area contributed by atoms with E-state index in [4.69, 9.17) is 17.2 Å². The van der Waals surface area contributed by atoms with E-state index in [1.54, 1.807) is 0 Å². The number of hydrogen-bond acceptors (Lipinski definition) is 4. The molecule has 0 aliphatic heterocycles. The van der Waals surface area contributed by atoms with E-state index in [0.29, 0.717) is 5.69 Å². The quantitative estimate of drug-likeness (QED) is 0.742. The van der Waals surface area contributed by atoms with Crippen molar-refractivity contribution in [3.8, 4) is 6.07 Å². The van der Waals surface area contributed by atoms with Crippen LogP contribution in [0.3, 0.4) is 0 Å². The zero-order valence-electron chi connectivity index (χ0n) is 13.1. The minimum atomic E-state index is -0.627. The first-order chi connectivity index (χ1) is 11.6. The Labute approximate surface area is 140 Å². The van der Waals surface area contributed by atoms with E-state index in [1.165, 1.54) is 0 Å². The van der Waals surface area contributed by atoms with Gasteiger partial charge in [0.2, 0.25) is 0 Å². The van der Waals surface area contributed by atoms with Crippen molar-refractivity contribution in [1.82, 2.24) is 0 Å². The molecule has 2 aromatic carbocycles. The molecule has 0 saturated heterocycles. The molecule has 3 unspecified atom stereocenters. The van der Waals surface area contributed by atoms with Crippen LogP contribution in [0.15, 0.2) is 66.4 Å². The standard InChI is InChI=1S/C20H18N4/c21-11-20(13-3-7-15(23)8-4-13)18-16(9-10-17(24)19(18)20)12-1-5-14(22)6-2-12/h1-10,18-19H,22-24H2. The van der Waals surface area contributed by atoms with Gasteiger partial charge in [0.25, 0.3) is 0 Å². The summed E-state index contributed by atoms with van der Waals surface area (Å²) in [6.45, 7) is 0. The SMILES string of the molecule is N#CC1(c2ccc(N)cc2)C2C(N)=CC=C(c3ccc(N)cc3)C21. The van der Waals surface area contributed by atoms with Crippen molar-refractivity contribution in [1.29, 1.82) is 5.26 Å². The Balaban J connectivity index is 1.82. The summed E-state index contributed by atoms with van der Waals surface area (Å²) in [7, 11) is 0. The molecular formula is C20H18N4. The highest BCUT2D eigenvalue weighted by atomic mass is 14.8. The van der Waals surface area contributed by atoms with E-state index >= 15 is 0 Å². The van der Waals surface area contributed by atoms with Crippen LogP contribution in [0.25, 0.3) is 5.57 Å². The molecule has 0 aromatic heterocycles. The normalized spacial score (nSPS) is 27.5. The Hall–Kier alpha value is -3.19. The minimum Gasteiger partial charge on any atom is -0.402 e. The summed E-state index contributed by atoms with van der Waals surface area (Å²) >= 11 is 0. The molecule has 0 heterocycles. The maximum absolute atomic E-state index is 10.0. The molecule has 2 aliphatic rings. The van der Waals surface area contributed by atoms with Gasteiger partial charge >= 0.3 is 0 Å². The van der Waals surface area contributed by atoms with Gasteiger partial charge in [0.15, 0.2) is 0 Å². The predicted octanol–water partition coefficient (Wildman–Crippen LogP) is 2.80. The molecule has 2 aromatic rings. The smallest absolute Gasteiger partial charge is 0.0986 e. The van der Waals surface area contributed by atoms with Crippen molar-refractivity contribution in [2.24, 2.45) is 17.6 Å². The summed E-state index contributed by atoms with van der Waals surface area (Å²) in [5.41, 5.74) is 22.5. The zero-order chi connectivity index (χ0) is 16.9. The molecular weight excluding hydrogens is 296 g/mol. The summed E-state index contributed by atoms with van der Waals surface area (Å²) in [5, 5.41) is 10.0. The van der Waals surface area contributed by atoms with Crippen LogP contribution in [0.4, 0.5) is 11.4 Å². The van der Waals surface area contributed by atoms with Crippen LogP contribution in [0, 0.1) is 23.2 Å². The molecule has 1 fully saturated rings. The number of nitrogens with zero attached hydrogens (tertiary/aromatic N) is 1. The fraction of sp³-hybridized carbons (Fsp3) is 0.150. The molecule has 4 rings (SSSR count). The van der Waals surface area contributed by atoms with E-state index in [9.17, 15) is 5.26 Å². The third-order valence-electron chi connectivity index (χ3n) is 5.17. The number of anilines is 2. The van der Waals surface area contributed by atoms with E-state index in [-0.39, 0.29) is 11.8 Å². The van der Waals surface area contributed by atoms with Crippen LogP contribution in [0.1, 0.15) is 11.1 Å². The van der Waals surface area contributed by atoms with E-state index in [1.807, 2.05) is 60.7 Å². The fourth-order valence-electron chi connectivity index (χ4n) is 3.93. The highest BCUT2D eigenvalue weighted by Crippen LogP contribution is 2.68. The topological polar surface area (TPSA) is 102 Å². The maximum Gasteiger partial charge on any atom is 0.0986 e. The monoisotopic (exact) mass is 314 g/mol. The number of nitrogens with two attached hydrogens (primary N) is 3. The van der Waals surface area contributed by atoms with E-state index in [2.05, 4.69) is 6.07 Å². The van der Waals surface area contributed by atoms with Crippen LogP contribution in [0.5, 0.6) is 0 Å². The van der Waals surface area contributed by atoms with E-state index in [0.717, 1.165) is 28.1 Å². The van der Waals surface area contributed by atoms with Crippen LogP contribution in [-0.4, -0.2) is 0 Å². The van der Waals surface area contributed by atoms with Gasteiger partial charge in [-0.3, -0.25) is 0 Å². The maximum atomic E-state index is 10.0. The first kappa shape index (κ1) is 14.4. The molecule has 24 heavy (non-hydrogen) atoms. The average Bonchev–Trinajstić information content (AvgIpc) is 3.28. The van der Waals surface area contributed by atoms with Crippen molar-refractivity contribution >= 4 is 16.9 Å². The van der Waals surface area contributed by atoms with Crippen LogP contribution in [-0.2, 0) is 5.41 Å². The van der Waals surface area contributed by atoms with Gasteiger partial charge in [0.1, 0.15) is 0 Å². The van der Waals surface area contributed by atoms with Gasteiger partial charge in [-0.1, -0.05) is 30.3 Å². The molecule has 2 aliphatic carbocycles. The van der Waals surface area contributed by atoms with Crippen molar-refractivity contribution in [2.45, 2.75) is 5.41 Å². The Bertz CT molecular complexity index is 900. The highest BCUT2D eigenvalue weighted by Gasteiger charge is 2.69. The van der Waals surface area contributed by atoms with Gasteiger partial charge in [0, 0.05) is 28.9 Å². The van der Waals surface area contributed by atoms with Gasteiger partial charge in [-0.15, -0.1) is 0 Å². The molecule has 0 radical (unpaired) electrons. The van der Waals surface area contributed by atoms with Crippen molar-refractivity contribution in [2.75, 3.05) is 11.5 Å². The van der Waals surface area contributed by atoms with Gasteiger partial charge in [-0.2, -0.15) is 5.26 Å². The second kappa shape index (κ2) is 4.90. The lowest BCUT2D eigenvalue weighted by Gasteiger charge is -2.13. The lowest BCUT2D eigenvalue weighted by atomic mass is 9.89. The second-order valence-corrected chi connectivity index (χ2v) is 6.47. The highest BCUT2D eigenvalue weighted by molar-refractivity contribution is 5.80. The molecule has 118 valence electrons. The van der Waals surface area contributed by atoms with Crippen LogP contribution in [0.2, 0.25) is 0 Å². The Morgan fingerprint density at radius 1 is 0.792 bits per heavy atom. The van der Waals surface area contributed by atoms with Gasteiger partial charge in [-0.05, 0) is 47.0 Å². The molecule has 0 amide bonds. The minimum absolute atomic E-state index is 0.00341. The number of nitriles is 1. The molecule has 4 heteroatoms. The number of nitrogen functional groups attached to an aromatic ring is 2. The third-order valence-corrected chi connectivity index (χ3v) is 5.17. The third kappa shape index (κ3) is 1.85. The molecule has 4 nitrogen and oxygen atoms in total. The summed E-state index contributed by atoms with van der Waals surface area (Å²) in [6.07, 6.45) is 3.95. The second-order valence-electron chi connectivity index (χ2n) is 6.47. The lowest BCUT2D eigenvalue weighted by molar-refractivity contribution is 0.801. The average molecular weight is 314 g/mol. The number of rotatable bonds is 2. The summed E-state index contributed by atoms with van der Waals surface area (Å²) in [4.78, 5) is 0. The fourth-order valence-corrected chi connectivity index (χ4v) is 3.93. The van der Waals surface area contributed by atoms with Gasteiger partial charge < -0.3 is 17.2 Å². The van der Waals surface area contributed by atoms with Crippen LogP contribution >= 0.6 is 0 Å². The van der Waals surface area contributed by atoms with Gasteiger partial charge in [0.05, 0.1) is 11.5 Å². The molecule has 0 spiro atoms. The number of allylic oxidation sites excluding steroid dienone is 4. The first-order valence-electron chi connectivity index (χ1n) is 7.88. The lowest BCUT2D eigenvalue weighted by Crippen LogP contribution is -2.12. The number of fused-ring (bicyclic) bond motifs is 1. The Morgan fingerprint density at radius 2 is 1.38 bits per heavy atom. The summed E-state index contributed by atoms with van der Waals surface area (Å²) in [5.74, 6) is 0.0587. The molecule has 3 atom stereocenters. The van der Waals surface area contributed by atoms with Crippen molar-refractivity contribution < 1.29 is 0 Å². The van der Waals surface area contributed by atoms with Gasteiger partial charge in [-0.25, -0.2) is 0 Å². The number of benzene rings is 2. The largest absolute Gasteiger partial charge is 0.402 e. The molecule has 0 bridgehead atoms. The zero-order valence-corrected chi connectivity index (χ0v) is 13.1.